The van der Waals surface area contributed by atoms with Crippen molar-refractivity contribution in [2.75, 3.05) is 13.1 Å². The Hall–Kier alpha value is -1.10. The average Bonchev–Trinajstić information content (AvgIpc) is 2.48. The molecule has 98 valence electrons. The molecule has 0 saturated carbocycles. The van der Waals surface area contributed by atoms with Gasteiger partial charge in [0.05, 0.1) is 0 Å². The molecule has 1 heterocycles. The highest BCUT2D eigenvalue weighted by Crippen LogP contribution is 2.17. The van der Waals surface area contributed by atoms with Crippen LogP contribution in [-0.2, 0) is 9.59 Å². The third kappa shape index (κ3) is 5.17. The fourth-order valence-electron chi connectivity index (χ4n) is 2.07. The summed E-state index contributed by atoms with van der Waals surface area (Å²) in [6.45, 7) is 3.83. The molecular weight excluding hydrogens is 218 g/mol. The molecule has 1 saturated heterocycles. The molecule has 1 atom stereocenters. The van der Waals surface area contributed by atoms with Gasteiger partial charge in [-0.1, -0.05) is 6.92 Å². The van der Waals surface area contributed by atoms with Gasteiger partial charge in [-0.3, -0.25) is 15.0 Å². The summed E-state index contributed by atoms with van der Waals surface area (Å²) in [5.41, 5.74) is 2.11. The Kier molecular flexibility index (Phi) is 5.97. The van der Waals surface area contributed by atoms with Crippen LogP contribution in [-0.4, -0.2) is 29.8 Å². The molecule has 0 aromatic rings. The van der Waals surface area contributed by atoms with Crippen LogP contribution in [0, 0.1) is 5.92 Å². The van der Waals surface area contributed by atoms with Crippen LogP contribution < -0.4 is 11.3 Å². The van der Waals surface area contributed by atoms with Crippen molar-refractivity contribution < 1.29 is 9.59 Å². The molecule has 2 amide bonds. The Morgan fingerprint density at radius 2 is 2.24 bits per heavy atom. The fourth-order valence-corrected chi connectivity index (χ4v) is 2.07. The summed E-state index contributed by atoms with van der Waals surface area (Å²) in [7, 11) is 0. The van der Waals surface area contributed by atoms with Gasteiger partial charge in [-0.15, -0.1) is 0 Å². The molecule has 5 heteroatoms. The number of likely N-dealkylation sites (tertiary alicyclic amines) is 1. The van der Waals surface area contributed by atoms with Crippen LogP contribution in [0.2, 0.25) is 0 Å². The first kappa shape index (κ1) is 14.0. The molecule has 0 radical (unpaired) electrons. The molecule has 1 aliphatic rings. The minimum atomic E-state index is -0.138. The minimum Gasteiger partial charge on any atom is -0.343 e. The highest BCUT2D eigenvalue weighted by molar-refractivity contribution is 5.76. The quantitative estimate of drug-likeness (QED) is 0.323. The van der Waals surface area contributed by atoms with Gasteiger partial charge in [0.2, 0.25) is 11.8 Å². The topological polar surface area (TPSA) is 75.4 Å². The average molecular weight is 241 g/mol. The van der Waals surface area contributed by atoms with E-state index in [1.54, 1.807) is 0 Å². The first-order valence-corrected chi connectivity index (χ1v) is 6.40. The van der Waals surface area contributed by atoms with E-state index >= 15 is 0 Å². The van der Waals surface area contributed by atoms with Crippen LogP contribution in [0.5, 0.6) is 0 Å². The van der Waals surface area contributed by atoms with Gasteiger partial charge in [-0.05, 0) is 31.6 Å². The summed E-state index contributed by atoms with van der Waals surface area (Å²) in [6, 6.07) is 0. The zero-order valence-electron chi connectivity index (χ0n) is 10.6. The van der Waals surface area contributed by atoms with Gasteiger partial charge >= 0.3 is 0 Å². The van der Waals surface area contributed by atoms with Gasteiger partial charge in [-0.2, -0.15) is 0 Å². The van der Waals surface area contributed by atoms with Gasteiger partial charge in [-0.25, -0.2) is 5.84 Å². The molecule has 0 aromatic heterocycles. The normalized spacial score (nSPS) is 21.2. The Bertz CT molecular complexity index is 268. The largest absolute Gasteiger partial charge is 0.343 e. The number of hydrazine groups is 1. The molecule has 17 heavy (non-hydrogen) atoms. The predicted octanol–water partition coefficient (Wildman–Crippen LogP) is 0.795. The Morgan fingerprint density at radius 3 is 2.94 bits per heavy atom. The summed E-state index contributed by atoms with van der Waals surface area (Å²) >= 11 is 0. The number of unbranched alkanes of at least 4 members (excludes halogenated alkanes) is 1. The van der Waals surface area contributed by atoms with E-state index in [0.29, 0.717) is 18.8 Å². The number of carbonyl (C=O) groups is 2. The van der Waals surface area contributed by atoms with E-state index in [0.717, 1.165) is 38.8 Å². The van der Waals surface area contributed by atoms with Gasteiger partial charge in [0.1, 0.15) is 0 Å². The van der Waals surface area contributed by atoms with E-state index < -0.39 is 0 Å². The van der Waals surface area contributed by atoms with E-state index in [1.807, 2.05) is 4.90 Å². The molecule has 0 aliphatic carbocycles. The summed E-state index contributed by atoms with van der Waals surface area (Å²) in [6.07, 6.45) is 4.86. The molecule has 3 N–H and O–H groups in total. The Morgan fingerprint density at radius 1 is 1.47 bits per heavy atom. The lowest BCUT2D eigenvalue weighted by Crippen LogP contribution is -2.32. The molecule has 1 fully saturated rings. The third-order valence-corrected chi connectivity index (χ3v) is 3.34. The molecule has 1 unspecified atom stereocenters. The molecule has 1 aliphatic heterocycles. The second-order valence-electron chi connectivity index (χ2n) is 4.84. The van der Waals surface area contributed by atoms with Gasteiger partial charge < -0.3 is 4.90 Å². The lowest BCUT2D eigenvalue weighted by Gasteiger charge is -2.20. The number of nitrogens with zero attached hydrogens (tertiary/aromatic N) is 1. The monoisotopic (exact) mass is 241 g/mol. The van der Waals surface area contributed by atoms with E-state index in [2.05, 4.69) is 12.3 Å². The number of hydrogen-bond donors (Lipinski definition) is 2. The number of carbonyl (C=O) groups excluding carboxylic acids is 2. The van der Waals surface area contributed by atoms with Crippen molar-refractivity contribution in [3.05, 3.63) is 0 Å². The van der Waals surface area contributed by atoms with Crippen LogP contribution in [0.1, 0.15) is 45.4 Å². The molecule has 0 aromatic carbocycles. The second kappa shape index (κ2) is 7.27. The number of nitrogens with two attached hydrogens (primary N) is 1. The van der Waals surface area contributed by atoms with Crippen LogP contribution in [0.25, 0.3) is 0 Å². The van der Waals surface area contributed by atoms with E-state index in [4.69, 9.17) is 5.84 Å². The smallest absolute Gasteiger partial charge is 0.233 e. The summed E-state index contributed by atoms with van der Waals surface area (Å²) in [5, 5.41) is 0. The minimum absolute atomic E-state index is 0.138. The highest BCUT2D eigenvalue weighted by Gasteiger charge is 2.19. The number of hydrogen-bond acceptors (Lipinski definition) is 3. The van der Waals surface area contributed by atoms with Crippen molar-refractivity contribution in [1.29, 1.82) is 0 Å². The van der Waals surface area contributed by atoms with Crippen molar-refractivity contribution >= 4 is 11.8 Å². The van der Waals surface area contributed by atoms with Crippen LogP contribution in [0.3, 0.4) is 0 Å². The zero-order valence-corrected chi connectivity index (χ0v) is 10.6. The molecule has 0 bridgehead atoms. The first-order valence-electron chi connectivity index (χ1n) is 6.40. The summed E-state index contributed by atoms with van der Waals surface area (Å²) < 4.78 is 0. The van der Waals surface area contributed by atoms with Crippen molar-refractivity contribution in [3.63, 3.8) is 0 Å². The molecule has 1 rings (SSSR count). The van der Waals surface area contributed by atoms with Gasteiger partial charge in [0, 0.05) is 25.9 Å². The van der Waals surface area contributed by atoms with Crippen LogP contribution in [0.15, 0.2) is 0 Å². The van der Waals surface area contributed by atoms with Crippen LogP contribution in [0.4, 0.5) is 0 Å². The van der Waals surface area contributed by atoms with Crippen LogP contribution >= 0.6 is 0 Å². The maximum atomic E-state index is 11.8. The van der Waals surface area contributed by atoms with Crippen molar-refractivity contribution in [3.8, 4) is 0 Å². The molecule has 5 nitrogen and oxygen atoms in total. The maximum Gasteiger partial charge on any atom is 0.233 e. The predicted molar refractivity (Wildman–Crippen MR) is 65.8 cm³/mol. The standard InChI is InChI=1S/C12H23N3O2/c1-10-5-6-12(17)15(9-7-10)8-3-2-4-11(16)14-13/h10H,2-9,13H2,1H3,(H,14,16). The number of nitrogens with one attached hydrogen (secondary N) is 1. The van der Waals surface area contributed by atoms with E-state index in [1.165, 1.54) is 0 Å². The summed E-state index contributed by atoms with van der Waals surface area (Å²) in [4.78, 5) is 24.6. The van der Waals surface area contributed by atoms with Gasteiger partial charge in [0.25, 0.3) is 0 Å². The van der Waals surface area contributed by atoms with Crippen molar-refractivity contribution in [2.45, 2.75) is 45.4 Å². The molecule has 0 spiro atoms. The van der Waals surface area contributed by atoms with E-state index in [9.17, 15) is 9.59 Å². The van der Waals surface area contributed by atoms with Crippen molar-refractivity contribution in [2.24, 2.45) is 11.8 Å². The fraction of sp³-hybridized carbons (Fsp3) is 0.833. The van der Waals surface area contributed by atoms with E-state index in [-0.39, 0.29) is 11.8 Å². The Balaban J connectivity index is 2.21. The highest BCUT2D eigenvalue weighted by atomic mass is 16.2. The zero-order chi connectivity index (χ0) is 12.7. The van der Waals surface area contributed by atoms with Crippen molar-refractivity contribution in [1.82, 2.24) is 10.3 Å². The van der Waals surface area contributed by atoms with Gasteiger partial charge in [0.15, 0.2) is 0 Å². The lowest BCUT2D eigenvalue weighted by molar-refractivity contribution is -0.130. The maximum absolute atomic E-state index is 11.8. The molecular formula is C12H23N3O2. The number of rotatable bonds is 5. The third-order valence-electron chi connectivity index (χ3n) is 3.34. The second-order valence-corrected chi connectivity index (χ2v) is 4.84. The first-order chi connectivity index (χ1) is 8.13. The lowest BCUT2D eigenvalue weighted by atomic mass is 10.0. The summed E-state index contributed by atoms with van der Waals surface area (Å²) in [5.74, 6) is 5.76. The number of amides is 2. The Labute approximate surface area is 103 Å². The SMILES string of the molecule is CC1CCC(=O)N(CCCCC(=O)NN)CC1.